The van der Waals surface area contributed by atoms with Gasteiger partial charge in [0.05, 0.1) is 5.56 Å². The first kappa shape index (κ1) is 25.1. The van der Waals surface area contributed by atoms with E-state index in [0.29, 0.717) is 0 Å². The van der Waals surface area contributed by atoms with E-state index in [1.807, 2.05) is 19.1 Å². The highest BCUT2D eigenvalue weighted by Crippen LogP contribution is 2.35. The number of hydrogen-bond acceptors (Lipinski definition) is 2. The molecule has 4 aromatic carbocycles. The van der Waals surface area contributed by atoms with Gasteiger partial charge in [0.15, 0.2) is 29.0 Å². The molecule has 0 N–H and O–H groups in total. The van der Waals surface area contributed by atoms with Gasteiger partial charge in [-0.1, -0.05) is 42.0 Å². The second kappa shape index (κ2) is 9.93. The summed E-state index contributed by atoms with van der Waals surface area (Å²) in [6.45, 7) is 1.93. The molecule has 0 aromatic heterocycles. The maximum absolute atomic E-state index is 14.7. The largest absolute Gasteiger partial charge is 0.486 e. The number of halogens is 7. The van der Waals surface area contributed by atoms with E-state index in [1.54, 1.807) is 12.1 Å². The van der Waals surface area contributed by atoms with Crippen LogP contribution in [0.25, 0.3) is 11.1 Å². The highest BCUT2D eigenvalue weighted by Gasteiger charge is 2.35. The second-order valence-corrected chi connectivity index (χ2v) is 7.91. The summed E-state index contributed by atoms with van der Waals surface area (Å²) < 4.78 is 108. The summed E-state index contributed by atoms with van der Waals surface area (Å²) >= 11 is 0. The van der Waals surface area contributed by atoms with Gasteiger partial charge in [-0.2, -0.15) is 13.2 Å². The summed E-state index contributed by atoms with van der Waals surface area (Å²) in [6.07, 6.45) is -4.06. The molecule has 36 heavy (non-hydrogen) atoms. The highest BCUT2D eigenvalue weighted by molar-refractivity contribution is 5.65. The smallest absolute Gasteiger partial charge is 0.426 e. The van der Waals surface area contributed by atoms with Gasteiger partial charge in [-0.05, 0) is 42.3 Å². The Bertz CT molecular complexity index is 1360. The minimum Gasteiger partial charge on any atom is -0.486 e. The van der Waals surface area contributed by atoms with E-state index in [2.05, 4.69) is 4.74 Å². The molecule has 4 aromatic rings. The Kier molecular flexibility index (Phi) is 6.92. The predicted octanol–water partition coefficient (Wildman–Crippen LogP) is 8.06. The minimum absolute atomic E-state index is 0.0155. The molecular formula is C27H17F7O2. The van der Waals surface area contributed by atoms with E-state index < -0.39 is 46.5 Å². The number of aryl methyl sites for hydroxylation is 1. The number of rotatable bonds is 7. The van der Waals surface area contributed by atoms with Crippen LogP contribution in [0.3, 0.4) is 0 Å². The van der Waals surface area contributed by atoms with Crippen molar-refractivity contribution in [1.29, 1.82) is 0 Å². The zero-order chi connectivity index (χ0) is 26.0. The Hall–Kier alpha value is -4.01. The Morgan fingerprint density at radius 3 is 1.92 bits per heavy atom. The van der Waals surface area contributed by atoms with Crippen LogP contribution in [0.1, 0.15) is 16.7 Å². The van der Waals surface area contributed by atoms with Crippen LogP contribution < -0.4 is 9.47 Å². The fourth-order valence-corrected chi connectivity index (χ4v) is 3.35. The van der Waals surface area contributed by atoms with Gasteiger partial charge in [-0.3, -0.25) is 0 Å². The predicted molar refractivity (Wildman–Crippen MR) is 118 cm³/mol. The van der Waals surface area contributed by atoms with Gasteiger partial charge >= 0.3 is 6.11 Å². The maximum atomic E-state index is 14.7. The zero-order valence-electron chi connectivity index (χ0n) is 18.6. The van der Waals surface area contributed by atoms with Crippen molar-refractivity contribution >= 4 is 0 Å². The molecule has 0 fully saturated rings. The van der Waals surface area contributed by atoms with Crippen molar-refractivity contribution in [2.75, 3.05) is 0 Å². The van der Waals surface area contributed by atoms with Crippen molar-refractivity contribution in [3.05, 3.63) is 119 Å². The third kappa shape index (κ3) is 5.30. The second-order valence-electron chi connectivity index (χ2n) is 7.91. The molecule has 0 unspecified atom stereocenters. The number of hydrogen-bond donors (Lipinski definition) is 0. The van der Waals surface area contributed by atoms with Crippen LogP contribution in [-0.2, 0) is 12.7 Å². The molecule has 9 heteroatoms. The van der Waals surface area contributed by atoms with Gasteiger partial charge in [-0.25, -0.2) is 17.6 Å². The third-order valence-corrected chi connectivity index (χ3v) is 5.30. The molecule has 4 rings (SSSR count). The van der Waals surface area contributed by atoms with Gasteiger partial charge in [0.25, 0.3) is 0 Å². The van der Waals surface area contributed by atoms with Gasteiger partial charge in [0.1, 0.15) is 12.4 Å². The number of benzene rings is 4. The van der Waals surface area contributed by atoms with Crippen LogP contribution >= 0.6 is 0 Å². The minimum atomic E-state index is -4.06. The molecule has 0 radical (unpaired) electrons. The lowest BCUT2D eigenvalue weighted by Gasteiger charge is -2.19. The van der Waals surface area contributed by atoms with Crippen molar-refractivity contribution in [2.45, 2.75) is 19.6 Å². The molecule has 2 nitrogen and oxygen atoms in total. The molecule has 0 spiro atoms. The van der Waals surface area contributed by atoms with Crippen LogP contribution in [-0.4, -0.2) is 0 Å². The summed E-state index contributed by atoms with van der Waals surface area (Å²) in [6, 6.07) is 14.3. The average molecular weight is 506 g/mol. The maximum Gasteiger partial charge on any atom is 0.426 e. The van der Waals surface area contributed by atoms with E-state index in [9.17, 15) is 30.7 Å². The van der Waals surface area contributed by atoms with Crippen LogP contribution in [0.5, 0.6) is 11.5 Å². The van der Waals surface area contributed by atoms with Gasteiger partial charge in [0, 0.05) is 17.7 Å². The Labute approximate surface area is 201 Å². The van der Waals surface area contributed by atoms with E-state index in [-0.39, 0.29) is 35.6 Å². The first-order valence-electron chi connectivity index (χ1n) is 10.5. The lowest BCUT2D eigenvalue weighted by Crippen LogP contribution is -2.22. The molecule has 0 saturated carbocycles. The zero-order valence-corrected chi connectivity index (χ0v) is 18.6. The molecule has 0 bridgehead atoms. The SMILES string of the molecule is Cc1ccc(COc2ccc(-c3ccc(C(F)(F)Oc4cc(F)c(F)c(F)c4)cc3)c(F)c2F)cc1. The highest BCUT2D eigenvalue weighted by atomic mass is 19.3. The normalized spacial score (nSPS) is 11.4. The molecule has 0 aliphatic heterocycles. The quantitative estimate of drug-likeness (QED) is 0.186. The molecule has 0 amide bonds. The first-order valence-corrected chi connectivity index (χ1v) is 10.5. The summed E-state index contributed by atoms with van der Waals surface area (Å²) in [4.78, 5) is 0. The van der Waals surface area contributed by atoms with Crippen molar-refractivity contribution < 1.29 is 40.2 Å². The van der Waals surface area contributed by atoms with E-state index in [1.165, 1.54) is 12.1 Å². The summed E-state index contributed by atoms with van der Waals surface area (Å²) in [5, 5.41) is 0. The molecule has 0 aliphatic carbocycles. The van der Waals surface area contributed by atoms with Crippen molar-refractivity contribution in [3.8, 4) is 22.6 Å². The third-order valence-electron chi connectivity index (χ3n) is 5.30. The first-order chi connectivity index (χ1) is 17.0. The Balaban J connectivity index is 1.51. The lowest BCUT2D eigenvalue weighted by molar-refractivity contribution is -0.185. The van der Waals surface area contributed by atoms with Crippen LogP contribution in [0.4, 0.5) is 30.7 Å². The van der Waals surface area contributed by atoms with E-state index >= 15 is 0 Å². The lowest BCUT2D eigenvalue weighted by atomic mass is 10.0. The van der Waals surface area contributed by atoms with Gasteiger partial charge in [0.2, 0.25) is 5.82 Å². The van der Waals surface area contributed by atoms with E-state index in [0.717, 1.165) is 35.4 Å². The van der Waals surface area contributed by atoms with E-state index in [4.69, 9.17) is 4.74 Å². The summed E-state index contributed by atoms with van der Waals surface area (Å²) in [7, 11) is 0. The van der Waals surface area contributed by atoms with Crippen LogP contribution in [0, 0.1) is 36.0 Å². The fourth-order valence-electron chi connectivity index (χ4n) is 3.35. The van der Waals surface area contributed by atoms with Crippen LogP contribution in [0.2, 0.25) is 0 Å². The van der Waals surface area contributed by atoms with Crippen molar-refractivity contribution in [2.24, 2.45) is 0 Å². The van der Waals surface area contributed by atoms with Crippen LogP contribution in [0.15, 0.2) is 72.8 Å². The Morgan fingerprint density at radius 2 is 1.31 bits per heavy atom. The molecule has 186 valence electrons. The summed E-state index contributed by atoms with van der Waals surface area (Å²) in [5.74, 6) is -8.93. The van der Waals surface area contributed by atoms with Crippen molar-refractivity contribution in [3.63, 3.8) is 0 Å². The topological polar surface area (TPSA) is 18.5 Å². The molecule has 0 aliphatic rings. The molecule has 0 saturated heterocycles. The molecular weight excluding hydrogens is 489 g/mol. The van der Waals surface area contributed by atoms with Gasteiger partial charge < -0.3 is 9.47 Å². The Morgan fingerprint density at radius 1 is 0.694 bits per heavy atom. The molecule has 0 heterocycles. The summed E-state index contributed by atoms with van der Waals surface area (Å²) in [5.41, 5.74) is 0.933. The average Bonchev–Trinajstić information content (AvgIpc) is 2.84. The molecule has 0 atom stereocenters. The number of ether oxygens (including phenoxy) is 2. The number of alkyl halides is 2. The monoisotopic (exact) mass is 506 g/mol. The van der Waals surface area contributed by atoms with Gasteiger partial charge in [-0.15, -0.1) is 0 Å². The van der Waals surface area contributed by atoms with Crippen molar-refractivity contribution in [1.82, 2.24) is 0 Å². The fraction of sp³-hybridized carbons (Fsp3) is 0.111. The standard InChI is InChI=1S/C27H17F7O2/c1-15-2-4-16(5-3-15)14-35-23-11-10-20(24(30)26(23)32)17-6-8-18(9-7-17)27(33,34)36-19-12-21(28)25(31)22(29)13-19/h2-13H,14H2,1H3.